The van der Waals surface area contributed by atoms with Crippen LogP contribution in [0.15, 0.2) is 52.5 Å². The molecule has 1 amide bonds. The van der Waals surface area contributed by atoms with Gasteiger partial charge in [0.25, 0.3) is 5.91 Å². The SMILES string of the molecule is COC1Cc2c(ccc(F)c2F)[C@H](N2C3COCCN3C(=O)c3c(O)c(=O)ccn32)C2=C1C=CCC2. The van der Waals surface area contributed by atoms with Gasteiger partial charge >= 0.3 is 0 Å². The van der Waals surface area contributed by atoms with E-state index in [1.54, 1.807) is 18.1 Å². The quantitative estimate of drug-likeness (QED) is 0.687. The number of ether oxygens (including phenoxy) is 2. The smallest absolute Gasteiger partial charge is 0.278 e. The van der Waals surface area contributed by atoms with E-state index in [0.29, 0.717) is 18.6 Å². The summed E-state index contributed by atoms with van der Waals surface area (Å²) in [5.41, 5.74) is 1.72. The maximum Gasteiger partial charge on any atom is 0.278 e. The summed E-state index contributed by atoms with van der Waals surface area (Å²) >= 11 is 0. The average Bonchev–Trinajstić information content (AvgIpc) is 3.03. The summed E-state index contributed by atoms with van der Waals surface area (Å²) in [6.45, 7) is 0.726. The van der Waals surface area contributed by atoms with Crippen LogP contribution in [0.1, 0.15) is 40.5 Å². The van der Waals surface area contributed by atoms with Gasteiger partial charge in [0.05, 0.1) is 25.4 Å². The van der Waals surface area contributed by atoms with Crippen molar-refractivity contribution in [2.45, 2.75) is 37.6 Å². The predicted molar refractivity (Wildman–Crippen MR) is 125 cm³/mol. The molecule has 1 aromatic carbocycles. The lowest BCUT2D eigenvalue weighted by Crippen LogP contribution is -2.66. The third-order valence-electron chi connectivity index (χ3n) is 7.57. The van der Waals surface area contributed by atoms with Crippen LogP contribution in [-0.2, 0) is 15.9 Å². The minimum Gasteiger partial charge on any atom is -0.502 e. The Labute approximate surface area is 205 Å². The highest BCUT2D eigenvalue weighted by molar-refractivity contribution is 5.96. The first-order valence-corrected chi connectivity index (χ1v) is 11.9. The number of fused-ring (bicyclic) bond motifs is 3. The van der Waals surface area contributed by atoms with E-state index in [-0.39, 0.29) is 30.8 Å². The van der Waals surface area contributed by atoms with Gasteiger partial charge in [-0.2, -0.15) is 0 Å². The lowest BCUT2D eigenvalue weighted by molar-refractivity contribution is -0.0199. The zero-order valence-corrected chi connectivity index (χ0v) is 19.6. The van der Waals surface area contributed by atoms with Crippen LogP contribution in [-0.4, -0.2) is 59.7 Å². The Kier molecular flexibility index (Phi) is 5.45. The topological polar surface area (TPSA) is 84.2 Å². The largest absolute Gasteiger partial charge is 0.502 e. The molecule has 2 aliphatic carbocycles. The number of benzene rings is 1. The summed E-state index contributed by atoms with van der Waals surface area (Å²) in [6, 6.07) is 3.24. The molecule has 0 bridgehead atoms. The molecule has 6 rings (SSSR count). The first-order chi connectivity index (χ1) is 17.4. The molecule has 188 valence electrons. The van der Waals surface area contributed by atoms with E-state index in [2.05, 4.69) is 0 Å². The summed E-state index contributed by atoms with van der Waals surface area (Å²) < 4.78 is 42.8. The normalized spacial score (nSPS) is 25.2. The zero-order chi connectivity index (χ0) is 25.1. The standard InChI is InChI=1S/C26H25F2N3O5/c1-35-20-12-17-16(6-7-18(27)22(17)28)23(15-5-3-2-4-14(15)20)31-21-13-36-11-10-29(21)26(34)24-25(33)19(32)8-9-30(24)31/h2,4,6-9,20-21,23,33H,3,5,10-13H2,1H3/t20?,21?,23-/m1/s1. The van der Waals surface area contributed by atoms with E-state index < -0.39 is 47.0 Å². The number of amides is 1. The molecule has 3 heterocycles. The van der Waals surface area contributed by atoms with Crippen LogP contribution in [0.25, 0.3) is 0 Å². The number of carbonyl (C=O) groups excluding carboxylic acids is 1. The Morgan fingerprint density at radius 1 is 1.19 bits per heavy atom. The molecule has 8 nitrogen and oxygen atoms in total. The highest BCUT2D eigenvalue weighted by atomic mass is 19.2. The lowest BCUT2D eigenvalue weighted by atomic mass is 9.87. The van der Waals surface area contributed by atoms with Gasteiger partial charge in [-0.05, 0) is 41.2 Å². The Morgan fingerprint density at radius 2 is 2.03 bits per heavy atom. The van der Waals surface area contributed by atoms with Crippen LogP contribution >= 0.6 is 0 Å². The van der Waals surface area contributed by atoms with Gasteiger partial charge in [-0.15, -0.1) is 0 Å². The van der Waals surface area contributed by atoms with Crippen molar-refractivity contribution in [2.24, 2.45) is 0 Å². The second-order valence-corrected chi connectivity index (χ2v) is 9.34. The Bertz CT molecular complexity index is 1380. The summed E-state index contributed by atoms with van der Waals surface area (Å²) in [7, 11) is 1.54. The van der Waals surface area contributed by atoms with Gasteiger partial charge in [0.2, 0.25) is 5.43 Å². The van der Waals surface area contributed by atoms with Crippen LogP contribution in [0.3, 0.4) is 0 Å². The molecule has 1 N–H and O–H groups in total. The summed E-state index contributed by atoms with van der Waals surface area (Å²) in [5.74, 6) is -3.02. The predicted octanol–water partition coefficient (Wildman–Crippen LogP) is 2.54. The molecule has 0 saturated carbocycles. The number of carbonyl (C=O) groups is 1. The van der Waals surface area contributed by atoms with Crippen molar-refractivity contribution in [2.75, 3.05) is 31.9 Å². The van der Waals surface area contributed by atoms with Gasteiger partial charge in [0.1, 0.15) is 6.17 Å². The zero-order valence-electron chi connectivity index (χ0n) is 19.6. The second-order valence-electron chi connectivity index (χ2n) is 9.34. The number of hydrogen-bond acceptors (Lipinski definition) is 6. The number of aromatic nitrogens is 1. The van der Waals surface area contributed by atoms with Gasteiger partial charge in [0.15, 0.2) is 23.1 Å². The highest BCUT2D eigenvalue weighted by Gasteiger charge is 2.47. The Hall–Kier alpha value is -3.50. The molecule has 2 aromatic rings. The Morgan fingerprint density at radius 3 is 2.83 bits per heavy atom. The van der Waals surface area contributed by atoms with Gasteiger partial charge in [0, 0.05) is 32.3 Å². The minimum atomic E-state index is -0.948. The van der Waals surface area contributed by atoms with E-state index in [4.69, 9.17) is 9.47 Å². The van der Waals surface area contributed by atoms with Crippen LogP contribution in [0, 0.1) is 11.6 Å². The van der Waals surface area contributed by atoms with E-state index in [1.165, 1.54) is 16.9 Å². The second kappa shape index (κ2) is 8.56. The van der Waals surface area contributed by atoms with Crippen molar-refractivity contribution in [1.82, 2.24) is 9.58 Å². The Balaban J connectivity index is 1.67. The molecule has 1 aromatic heterocycles. The number of hydrogen-bond donors (Lipinski definition) is 1. The fourth-order valence-electron chi connectivity index (χ4n) is 5.91. The number of rotatable bonds is 2. The van der Waals surface area contributed by atoms with Crippen LogP contribution < -0.4 is 10.4 Å². The summed E-state index contributed by atoms with van der Waals surface area (Å²) in [6.07, 6.45) is 5.84. The molecule has 1 fully saturated rings. The van der Waals surface area contributed by atoms with Crippen molar-refractivity contribution < 1.29 is 28.2 Å². The molecule has 1 saturated heterocycles. The van der Waals surface area contributed by atoms with E-state index in [1.807, 2.05) is 17.2 Å². The van der Waals surface area contributed by atoms with Crippen molar-refractivity contribution in [3.63, 3.8) is 0 Å². The summed E-state index contributed by atoms with van der Waals surface area (Å²) in [5, 5.41) is 12.5. The monoisotopic (exact) mass is 497 g/mol. The number of morpholine rings is 1. The van der Waals surface area contributed by atoms with Gasteiger partial charge in [-0.25, -0.2) is 8.78 Å². The highest BCUT2D eigenvalue weighted by Crippen LogP contribution is 2.45. The van der Waals surface area contributed by atoms with Crippen LogP contribution in [0.4, 0.5) is 8.78 Å². The fourth-order valence-corrected chi connectivity index (χ4v) is 5.91. The van der Waals surface area contributed by atoms with E-state index >= 15 is 4.39 Å². The maximum atomic E-state index is 15.3. The number of allylic oxidation sites excluding steroid dienone is 1. The third-order valence-corrected chi connectivity index (χ3v) is 7.57. The molecule has 2 unspecified atom stereocenters. The molecule has 36 heavy (non-hydrogen) atoms. The third kappa shape index (κ3) is 3.24. The van der Waals surface area contributed by atoms with Crippen molar-refractivity contribution in [3.05, 3.63) is 86.4 Å². The molecule has 2 aliphatic heterocycles. The molecule has 0 radical (unpaired) electrons. The molecule has 4 aliphatic rings. The molecule has 3 atom stereocenters. The first kappa shape index (κ1) is 22.9. The van der Waals surface area contributed by atoms with Gasteiger partial charge in [-0.3, -0.25) is 19.3 Å². The molecular weight excluding hydrogens is 472 g/mol. The minimum absolute atomic E-state index is 0.134. The fraction of sp³-hybridized carbons (Fsp3) is 0.385. The number of aromatic hydroxyl groups is 1. The average molecular weight is 497 g/mol. The van der Waals surface area contributed by atoms with Gasteiger partial charge in [-0.1, -0.05) is 18.2 Å². The van der Waals surface area contributed by atoms with Gasteiger partial charge < -0.3 is 19.5 Å². The van der Waals surface area contributed by atoms with Crippen molar-refractivity contribution >= 4 is 5.91 Å². The van der Waals surface area contributed by atoms with Crippen molar-refractivity contribution in [1.29, 1.82) is 0 Å². The maximum absolute atomic E-state index is 15.3. The lowest BCUT2D eigenvalue weighted by Gasteiger charge is -2.52. The van der Waals surface area contributed by atoms with Crippen molar-refractivity contribution in [3.8, 4) is 5.75 Å². The number of halogens is 2. The summed E-state index contributed by atoms with van der Waals surface area (Å²) in [4.78, 5) is 27.3. The first-order valence-electron chi connectivity index (χ1n) is 11.9. The number of nitrogens with zero attached hydrogens (tertiary/aromatic N) is 3. The van der Waals surface area contributed by atoms with E-state index in [0.717, 1.165) is 23.6 Å². The number of pyridine rings is 1. The molecule has 0 spiro atoms. The molecular formula is C26H25F2N3O5. The van der Waals surface area contributed by atoms with Crippen LogP contribution in [0.5, 0.6) is 5.75 Å². The molecule has 10 heteroatoms. The van der Waals surface area contributed by atoms with E-state index in [9.17, 15) is 19.1 Å². The number of methoxy groups -OCH3 is 1. The van der Waals surface area contributed by atoms with Crippen LogP contribution in [0.2, 0.25) is 0 Å².